The number of carbonyl (C=O) groups is 1. The van der Waals surface area contributed by atoms with Gasteiger partial charge in [0, 0.05) is 44.8 Å². The predicted molar refractivity (Wildman–Crippen MR) is 111 cm³/mol. The molecule has 0 bridgehead atoms. The summed E-state index contributed by atoms with van der Waals surface area (Å²) < 4.78 is 27.1. The maximum atomic E-state index is 12.2. The number of anilines is 1. The van der Waals surface area contributed by atoms with Gasteiger partial charge < -0.3 is 9.88 Å². The highest BCUT2D eigenvalue weighted by Gasteiger charge is 2.17. The molecule has 29 heavy (non-hydrogen) atoms. The average Bonchev–Trinajstić information content (AvgIpc) is 3.08. The molecular formula is C18H20N6O3S2. The molecule has 2 aromatic heterocycles. The van der Waals surface area contributed by atoms with Crippen LogP contribution in [0.15, 0.2) is 58.8 Å². The van der Waals surface area contributed by atoms with Crippen LogP contribution in [-0.2, 0) is 21.9 Å². The fourth-order valence-electron chi connectivity index (χ4n) is 2.44. The van der Waals surface area contributed by atoms with E-state index in [2.05, 4.69) is 20.5 Å². The first kappa shape index (κ1) is 21.0. The summed E-state index contributed by atoms with van der Waals surface area (Å²) >= 11 is 1.26. The summed E-state index contributed by atoms with van der Waals surface area (Å²) in [6, 6.07) is 9.71. The van der Waals surface area contributed by atoms with E-state index in [-0.39, 0.29) is 16.6 Å². The number of hydrogen-bond acceptors (Lipinski definition) is 7. The molecule has 0 aliphatic heterocycles. The van der Waals surface area contributed by atoms with E-state index >= 15 is 0 Å². The first-order valence-corrected chi connectivity index (χ1v) is 11.0. The van der Waals surface area contributed by atoms with E-state index in [1.165, 1.54) is 38.0 Å². The minimum absolute atomic E-state index is 0.139. The van der Waals surface area contributed by atoms with Gasteiger partial charge in [0.25, 0.3) is 0 Å². The largest absolute Gasteiger partial charge is 0.325 e. The van der Waals surface area contributed by atoms with E-state index in [1.807, 2.05) is 23.7 Å². The summed E-state index contributed by atoms with van der Waals surface area (Å²) in [5, 5.41) is 11.7. The van der Waals surface area contributed by atoms with Crippen LogP contribution < -0.4 is 5.32 Å². The number of nitrogens with zero attached hydrogens (tertiary/aromatic N) is 5. The number of aromatic nitrogens is 4. The second kappa shape index (κ2) is 8.72. The molecule has 3 rings (SSSR count). The zero-order chi connectivity index (χ0) is 21.0. The van der Waals surface area contributed by atoms with E-state index in [0.29, 0.717) is 16.7 Å². The quantitative estimate of drug-likeness (QED) is 0.567. The summed E-state index contributed by atoms with van der Waals surface area (Å²) in [5.74, 6) is 0.597. The number of benzene rings is 1. The summed E-state index contributed by atoms with van der Waals surface area (Å²) in [6.07, 6.45) is 3.36. The first-order chi connectivity index (χ1) is 13.8. The lowest BCUT2D eigenvalue weighted by atomic mass is 10.2. The van der Waals surface area contributed by atoms with Gasteiger partial charge in [-0.05, 0) is 36.4 Å². The minimum Gasteiger partial charge on any atom is -0.325 e. The number of thioether (sulfide) groups is 1. The van der Waals surface area contributed by atoms with E-state index in [1.54, 1.807) is 24.5 Å². The number of nitrogens with one attached hydrogen (secondary N) is 1. The average molecular weight is 433 g/mol. The molecule has 0 radical (unpaired) electrons. The third kappa shape index (κ3) is 4.81. The molecule has 0 unspecified atom stereocenters. The monoisotopic (exact) mass is 432 g/mol. The van der Waals surface area contributed by atoms with Crippen LogP contribution in [-0.4, -0.2) is 58.2 Å². The van der Waals surface area contributed by atoms with E-state index in [4.69, 9.17) is 0 Å². The van der Waals surface area contributed by atoms with Gasteiger partial charge >= 0.3 is 0 Å². The van der Waals surface area contributed by atoms with Crippen molar-refractivity contribution in [3.8, 4) is 11.4 Å². The summed E-state index contributed by atoms with van der Waals surface area (Å²) in [4.78, 5) is 16.4. The Labute approximate surface area is 173 Å². The normalized spacial score (nSPS) is 11.6. The summed E-state index contributed by atoms with van der Waals surface area (Å²) in [6.45, 7) is 0. The first-order valence-electron chi connectivity index (χ1n) is 8.54. The van der Waals surface area contributed by atoms with Crippen LogP contribution in [0.25, 0.3) is 11.4 Å². The zero-order valence-electron chi connectivity index (χ0n) is 16.1. The molecule has 1 aromatic carbocycles. The van der Waals surface area contributed by atoms with Crippen molar-refractivity contribution < 1.29 is 13.2 Å². The maximum absolute atomic E-state index is 12.2. The van der Waals surface area contributed by atoms with Crippen LogP contribution in [0.1, 0.15) is 0 Å². The lowest BCUT2D eigenvalue weighted by Crippen LogP contribution is -2.22. The topological polar surface area (TPSA) is 110 Å². The van der Waals surface area contributed by atoms with Crippen molar-refractivity contribution >= 4 is 33.4 Å². The predicted octanol–water partition coefficient (Wildman–Crippen LogP) is 1.86. The minimum atomic E-state index is -3.50. The molecule has 1 amide bonds. The molecule has 0 aliphatic carbocycles. The van der Waals surface area contributed by atoms with Crippen LogP contribution in [0.5, 0.6) is 0 Å². The van der Waals surface area contributed by atoms with Crippen molar-refractivity contribution in [3.05, 3.63) is 48.8 Å². The van der Waals surface area contributed by atoms with Gasteiger partial charge in [-0.15, -0.1) is 10.2 Å². The van der Waals surface area contributed by atoms with E-state index < -0.39 is 10.0 Å². The Hall–Kier alpha value is -2.76. The molecule has 3 aromatic rings. The van der Waals surface area contributed by atoms with Gasteiger partial charge in [0.1, 0.15) is 0 Å². The number of amides is 1. The number of carbonyl (C=O) groups excluding carboxylic acids is 1. The van der Waals surface area contributed by atoms with E-state index in [9.17, 15) is 13.2 Å². The Morgan fingerprint density at radius 1 is 1.10 bits per heavy atom. The van der Waals surface area contributed by atoms with Gasteiger partial charge in [0.15, 0.2) is 11.0 Å². The molecule has 0 atom stereocenters. The highest BCUT2D eigenvalue weighted by Crippen LogP contribution is 2.22. The molecule has 0 saturated carbocycles. The lowest BCUT2D eigenvalue weighted by Gasteiger charge is -2.12. The lowest BCUT2D eigenvalue weighted by molar-refractivity contribution is -0.113. The van der Waals surface area contributed by atoms with Crippen molar-refractivity contribution in [1.29, 1.82) is 0 Å². The third-order valence-corrected chi connectivity index (χ3v) is 6.87. The van der Waals surface area contributed by atoms with Crippen molar-refractivity contribution in [1.82, 2.24) is 24.1 Å². The summed E-state index contributed by atoms with van der Waals surface area (Å²) in [5.41, 5.74) is 1.41. The van der Waals surface area contributed by atoms with Crippen molar-refractivity contribution in [2.75, 3.05) is 25.2 Å². The number of pyridine rings is 1. The molecule has 0 fully saturated rings. The number of rotatable bonds is 7. The van der Waals surface area contributed by atoms with Gasteiger partial charge in [-0.1, -0.05) is 11.8 Å². The van der Waals surface area contributed by atoms with Gasteiger partial charge in [-0.25, -0.2) is 12.7 Å². The van der Waals surface area contributed by atoms with Gasteiger partial charge in [-0.2, -0.15) is 0 Å². The maximum Gasteiger partial charge on any atom is 0.242 e. The fraction of sp³-hybridized carbons (Fsp3) is 0.222. The summed E-state index contributed by atoms with van der Waals surface area (Å²) in [7, 11) is 1.27. The number of hydrogen-bond donors (Lipinski definition) is 1. The Kier molecular flexibility index (Phi) is 6.30. The standard InChI is InChI=1S/C18H20N6O3S2/c1-23(2)29(26,27)15-6-4-14(5-7-15)20-16(25)12-28-18-22-21-17(24(18)3)13-8-10-19-11-9-13/h4-11H,12H2,1-3H3,(H,20,25). The van der Waals surface area contributed by atoms with Crippen LogP contribution in [0.4, 0.5) is 5.69 Å². The second-order valence-electron chi connectivity index (χ2n) is 6.25. The smallest absolute Gasteiger partial charge is 0.242 e. The Balaban J connectivity index is 1.60. The molecule has 11 heteroatoms. The SMILES string of the molecule is CN(C)S(=O)(=O)c1ccc(NC(=O)CSc2nnc(-c3ccncc3)n2C)cc1. The Morgan fingerprint density at radius 3 is 2.38 bits per heavy atom. The zero-order valence-corrected chi connectivity index (χ0v) is 17.7. The van der Waals surface area contributed by atoms with Crippen LogP contribution in [0.3, 0.4) is 0 Å². The highest BCUT2D eigenvalue weighted by atomic mass is 32.2. The molecule has 0 spiro atoms. The Morgan fingerprint density at radius 2 is 1.76 bits per heavy atom. The van der Waals surface area contributed by atoms with E-state index in [0.717, 1.165) is 9.87 Å². The molecule has 0 aliphatic rings. The van der Waals surface area contributed by atoms with Gasteiger partial charge in [-0.3, -0.25) is 9.78 Å². The Bertz CT molecular complexity index is 1100. The molecular weight excluding hydrogens is 412 g/mol. The van der Waals surface area contributed by atoms with Crippen molar-refractivity contribution in [2.24, 2.45) is 7.05 Å². The van der Waals surface area contributed by atoms with Crippen molar-refractivity contribution in [2.45, 2.75) is 10.1 Å². The molecule has 152 valence electrons. The van der Waals surface area contributed by atoms with Crippen molar-refractivity contribution in [3.63, 3.8) is 0 Å². The van der Waals surface area contributed by atoms with Crippen LogP contribution in [0.2, 0.25) is 0 Å². The molecule has 1 N–H and O–H groups in total. The molecule has 9 nitrogen and oxygen atoms in total. The van der Waals surface area contributed by atoms with Gasteiger partial charge in [0.05, 0.1) is 10.6 Å². The van der Waals surface area contributed by atoms with Gasteiger partial charge in [0.2, 0.25) is 15.9 Å². The number of sulfonamides is 1. The fourth-order valence-corrected chi connectivity index (χ4v) is 4.05. The second-order valence-corrected chi connectivity index (χ2v) is 9.34. The molecule has 2 heterocycles. The molecule has 0 saturated heterocycles. The van der Waals surface area contributed by atoms with Crippen LogP contribution in [0, 0.1) is 0 Å². The van der Waals surface area contributed by atoms with Crippen LogP contribution >= 0.6 is 11.8 Å². The highest BCUT2D eigenvalue weighted by molar-refractivity contribution is 7.99. The third-order valence-electron chi connectivity index (χ3n) is 4.02.